The fourth-order valence-electron chi connectivity index (χ4n) is 2.17. The number of hydrogen-bond donors (Lipinski definition) is 1. The van der Waals surface area contributed by atoms with Gasteiger partial charge in [-0.05, 0) is 51.4 Å². The number of rotatable bonds is 5. The van der Waals surface area contributed by atoms with Crippen LogP contribution in [0.3, 0.4) is 0 Å². The summed E-state index contributed by atoms with van der Waals surface area (Å²) in [6.07, 6.45) is 1.14. The minimum atomic E-state index is 0.352. The van der Waals surface area contributed by atoms with E-state index in [1.807, 2.05) is 18.5 Å². The van der Waals surface area contributed by atoms with E-state index in [2.05, 4.69) is 53.5 Å². The maximum Gasteiger partial charge on any atom is 0.148 e. The van der Waals surface area contributed by atoms with Crippen molar-refractivity contribution in [3.8, 4) is 5.69 Å². The van der Waals surface area contributed by atoms with Gasteiger partial charge in [-0.15, -0.1) is 0 Å². The van der Waals surface area contributed by atoms with Crippen LogP contribution in [0.2, 0.25) is 0 Å². The third-order valence-electron chi connectivity index (χ3n) is 3.19. The lowest BCUT2D eigenvalue weighted by Crippen LogP contribution is -2.19. The zero-order valence-corrected chi connectivity index (χ0v) is 12.1. The molecule has 1 N–H and O–H groups in total. The molecule has 2 rings (SSSR count). The third-order valence-corrected chi connectivity index (χ3v) is 3.19. The molecule has 0 radical (unpaired) electrons. The SMILES string of the molecule is CCCNC(C)c1cccc(-n2nc(C)nc2C)c1. The molecular weight excluding hydrogens is 236 g/mol. The van der Waals surface area contributed by atoms with Crippen LogP contribution in [0, 0.1) is 13.8 Å². The number of hydrogen-bond acceptors (Lipinski definition) is 3. The number of nitrogens with zero attached hydrogens (tertiary/aromatic N) is 3. The summed E-state index contributed by atoms with van der Waals surface area (Å²) in [4.78, 5) is 4.35. The summed E-state index contributed by atoms with van der Waals surface area (Å²) < 4.78 is 1.89. The van der Waals surface area contributed by atoms with Gasteiger partial charge in [0.25, 0.3) is 0 Å². The van der Waals surface area contributed by atoms with Crippen molar-refractivity contribution in [3.63, 3.8) is 0 Å². The van der Waals surface area contributed by atoms with E-state index in [0.29, 0.717) is 6.04 Å². The highest BCUT2D eigenvalue weighted by atomic mass is 15.3. The Hall–Kier alpha value is -1.68. The number of aromatic nitrogens is 3. The molecule has 0 fully saturated rings. The van der Waals surface area contributed by atoms with Crippen LogP contribution in [0.5, 0.6) is 0 Å². The normalized spacial score (nSPS) is 12.6. The van der Waals surface area contributed by atoms with Crippen molar-refractivity contribution in [1.82, 2.24) is 20.1 Å². The van der Waals surface area contributed by atoms with Crippen LogP contribution in [0.15, 0.2) is 24.3 Å². The van der Waals surface area contributed by atoms with Gasteiger partial charge in [0, 0.05) is 6.04 Å². The first kappa shape index (κ1) is 13.7. The monoisotopic (exact) mass is 258 g/mol. The molecule has 1 atom stereocenters. The molecule has 1 aromatic carbocycles. The molecule has 0 aliphatic heterocycles. The molecule has 0 spiro atoms. The smallest absolute Gasteiger partial charge is 0.148 e. The molecule has 0 saturated heterocycles. The molecule has 0 amide bonds. The largest absolute Gasteiger partial charge is 0.310 e. The standard InChI is InChI=1S/C15H22N4/c1-5-9-16-11(2)14-7-6-8-15(10-14)19-13(4)17-12(3)18-19/h6-8,10-11,16H,5,9H2,1-4H3. The zero-order valence-electron chi connectivity index (χ0n) is 12.1. The quantitative estimate of drug-likeness (QED) is 0.896. The molecule has 102 valence electrons. The van der Waals surface area contributed by atoms with E-state index >= 15 is 0 Å². The molecule has 1 heterocycles. The van der Waals surface area contributed by atoms with E-state index in [4.69, 9.17) is 0 Å². The second-order valence-electron chi connectivity index (χ2n) is 4.89. The van der Waals surface area contributed by atoms with Gasteiger partial charge in [-0.1, -0.05) is 19.1 Å². The Labute approximate surface area is 114 Å². The highest BCUT2D eigenvalue weighted by Crippen LogP contribution is 2.17. The lowest BCUT2D eigenvalue weighted by Gasteiger charge is -2.14. The molecule has 1 unspecified atom stereocenters. The highest BCUT2D eigenvalue weighted by molar-refractivity contribution is 5.37. The average molecular weight is 258 g/mol. The van der Waals surface area contributed by atoms with E-state index in [-0.39, 0.29) is 0 Å². The van der Waals surface area contributed by atoms with Gasteiger partial charge in [0.2, 0.25) is 0 Å². The second kappa shape index (κ2) is 5.97. The van der Waals surface area contributed by atoms with Gasteiger partial charge < -0.3 is 5.32 Å². The van der Waals surface area contributed by atoms with Crippen LogP contribution in [-0.2, 0) is 0 Å². The van der Waals surface area contributed by atoms with Gasteiger partial charge >= 0.3 is 0 Å². The van der Waals surface area contributed by atoms with Gasteiger partial charge in [0.05, 0.1) is 5.69 Å². The van der Waals surface area contributed by atoms with Gasteiger partial charge in [-0.25, -0.2) is 9.67 Å². The maximum absolute atomic E-state index is 4.43. The minimum absolute atomic E-state index is 0.352. The fourth-order valence-corrected chi connectivity index (χ4v) is 2.17. The first-order valence-corrected chi connectivity index (χ1v) is 6.85. The van der Waals surface area contributed by atoms with Gasteiger partial charge in [-0.2, -0.15) is 5.10 Å². The van der Waals surface area contributed by atoms with Crippen molar-refractivity contribution in [2.75, 3.05) is 6.54 Å². The molecule has 4 nitrogen and oxygen atoms in total. The van der Waals surface area contributed by atoms with Crippen molar-refractivity contribution < 1.29 is 0 Å². The van der Waals surface area contributed by atoms with Gasteiger partial charge in [0.15, 0.2) is 0 Å². The van der Waals surface area contributed by atoms with Crippen molar-refractivity contribution in [3.05, 3.63) is 41.5 Å². The van der Waals surface area contributed by atoms with Crippen molar-refractivity contribution in [2.24, 2.45) is 0 Å². The summed E-state index contributed by atoms with van der Waals surface area (Å²) in [6.45, 7) is 9.29. The Kier molecular flexibility index (Phi) is 4.32. The predicted octanol–water partition coefficient (Wildman–Crippen LogP) is 2.94. The van der Waals surface area contributed by atoms with Crippen LogP contribution in [0.1, 0.15) is 43.5 Å². The van der Waals surface area contributed by atoms with E-state index in [1.54, 1.807) is 0 Å². The first-order chi connectivity index (χ1) is 9.11. The van der Waals surface area contributed by atoms with Crippen molar-refractivity contribution in [2.45, 2.75) is 40.2 Å². The molecule has 4 heteroatoms. The summed E-state index contributed by atoms with van der Waals surface area (Å²) in [5.41, 5.74) is 2.35. The third kappa shape index (κ3) is 3.20. The average Bonchev–Trinajstić information content (AvgIpc) is 2.75. The number of nitrogens with one attached hydrogen (secondary N) is 1. The molecular formula is C15H22N4. The molecule has 0 aliphatic carbocycles. The van der Waals surface area contributed by atoms with E-state index < -0.39 is 0 Å². The Morgan fingerprint density at radius 2 is 2.11 bits per heavy atom. The summed E-state index contributed by atoms with van der Waals surface area (Å²) in [7, 11) is 0. The lowest BCUT2D eigenvalue weighted by molar-refractivity contribution is 0.570. The molecule has 19 heavy (non-hydrogen) atoms. The maximum atomic E-state index is 4.43. The number of benzene rings is 1. The van der Waals surface area contributed by atoms with Crippen LogP contribution in [0.4, 0.5) is 0 Å². The second-order valence-corrected chi connectivity index (χ2v) is 4.89. The highest BCUT2D eigenvalue weighted by Gasteiger charge is 2.08. The van der Waals surface area contributed by atoms with E-state index in [1.165, 1.54) is 5.56 Å². The van der Waals surface area contributed by atoms with Crippen LogP contribution < -0.4 is 5.32 Å². The Morgan fingerprint density at radius 3 is 2.74 bits per heavy atom. The van der Waals surface area contributed by atoms with E-state index in [9.17, 15) is 0 Å². The Bertz CT molecular complexity index is 545. The zero-order chi connectivity index (χ0) is 13.8. The van der Waals surface area contributed by atoms with Crippen LogP contribution in [0.25, 0.3) is 5.69 Å². The summed E-state index contributed by atoms with van der Waals surface area (Å²) in [6, 6.07) is 8.82. The molecule has 0 saturated carbocycles. The Morgan fingerprint density at radius 1 is 1.32 bits per heavy atom. The van der Waals surface area contributed by atoms with Gasteiger partial charge in [-0.3, -0.25) is 0 Å². The minimum Gasteiger partial charge on any atom is -0.310 e. The van der Waals surface area contributed by atoms with Crippen molar-refractivity contribution >= 4 is 0 Å². The van der Waals surface area contributed by atoms with Gasteiger partial charge in [0.1, 0.15) is 11.6 Å². The topological polar surface area (TPSA) is 42.7 Å². The fraction of sp³-hybridized carbons (Fsp3) is 0.467. The first-order valence-electron chi connectivity index (χ1n) is 6.85. The molecule has 1 aromatic heterocycles. The van der Waals surface area contributed by atoms with E-state index in [0.717, 1.165) is 30.3 Å². The predicted molar refractivity (Wildman–Crippen MR) is 77.5 cm³/mol. The van der Waals surface area contributed by atoms with Crippen LogP contribution >= 0.6 is 0 Å². The lowest BCUT2D eigenvalue weighted by atomic mass is 10.1. The molecule has 0 bridgehead atoms. The van der Waals surface area contributed by atoms with Crippen LogP contribution in [-0.4, -0.2) is 21.3 Å². The molecule has 0 aliphatic rings. The number of aryl methyl sites for hydroxylation is 2. The summed E-state index contributed by atoms with van der Waals surface area (Å²) in [5, 5.41) is 7.93. The molecule has 2 aromatic rings. The summed E-state index contributed by atoms with van der Waals surface area (Å²) >= 11 is 0. The Balaban J connectivity index is 2.26. The van der Waals surface area contributed by atoms with Crippen molar-refractivity contribution in [1.29, 1.82) is 0 Å². The summed E-state index contributed by atoms with van der Waals surface area (Å²) in [5.74, 6) is 1.73.